The largest absolute Gasteiger partial charge is 0.462 e. The predicted molar refractivity (Wildman–Crippen MR) is 120 cm³/mol. The molecule has 29 heavy (non-hydrogen) atoms. The van der Waals surface area contributed by atoms with Crippen LogP contribution in [0.4, 0.5) is 5.00 Å². The number of nitrogens with zero attached hydrogens (tertiary/aromatic N) is 3. The molecule has 0 aliphatic rings. The van der Waals surface area contributed by atoms with E-state index in [0.717, 1.165) is 15.8 Å². The number of anilines is 1. The number of pyridine rings is 1. The standard InChI is InChI=1S/C11H5Cl2N3S.C7H8ClNO2S/c12-8-4-7-9(13)15-10(16-11(7)17-8)6-2-1-3-14-5-6;1-2-11-7(10)4-3-5(8)12-6(4)9/h1-5H;3H,2,9H2,1H3. The first-order valence-corrected chi connectivity index (χ1v) is 10.9. The van der Waals surface area contributed by atoms with Crippen molar-refractivity contribution in [1.29, 1.82) is 0 Å². The number of ether oxygens (including phenoxy) is 1. The molecule has 150 valence electrons. The van der Waals surface area contributed by atoms with E-state index in [4.69, 9.17) is 45.3 Å². The van der Waals surface area contributed by atoms with Crippen LogP contribution in [0.5, 0.6) is 0 Å². The third-order valence-electron chi connectivity index (χ3n) is 3.46. The van der Waals surface area contributed by atoms with Gasteiger partial charge in [0, 0.05) is 18.0 Å². The number of hydrogen-bond donors (Lipinski definition) is 1. The maximum atomic E-state index is 11.1. The molecule has 0 spiro atoms. The topological polar surface area (TPSA) is 91.0 Å². The van der Waals surface area contributed by atoms with Crippen molar-refractivity contribution < 1.29 is 9.53 Å². The summed E-state index contributed by atoms with van der Waals surface area (Å²) in [4.78, 5) is 24.6. The number of halogens is 3. The van der Waals surface area contributed by atoms with Crippen molar-refractivity contribution in [2.24, 2.45) is 0 Å². The Morgan fingerprint density at radius 2 is 1.93 bits per heavy atom. The number of esters is 1. The van der Waals surface area contributed by atoms with Crippen LogP contribution in [-0.2, 0) is 4.74 Å². The summed E-state index contributed by atoms with van der Waals surface area (Å²) in [5, 5.41) is 1.60. The first kappa shape index (κ1) is 21.7. The average molecular weight is 488 g/mol. The van der Waals surface area contributed by atoms with Crippen LogP contribution in [-0.4, -0.2) is 27.5 Å². The van der Waals surface area contributed by atoms with Gasteiger partial charge in [0.05, 0.1) is 26.2 Å². The molecule has 0 radical (unpaired) electrons. The number of nitrogens with two attached hydrogens (primary N) is 1. The maximum Gasteiger partial charge on any atom is 0.341 e. The molecule has 4 aromatic heterocycles. The molecule has 0 atom stereocenters. The Morgan fingerprint density at radius 3 is 2.55 bits per heavy atom. The van der Waals surface area contributed by atoms with Gasteiger partial charge in [0.2, 0.25) is 0 Å². The van der Waals surface area contributed by atoms with Crippen molar-refractivity contribution >= 4 is 78.7 Å². The summed E-state index contributed by atoms with van der Waals surface area (Å²) >= 11 is 20.2. The second-order valence-electron chi connectivity index (χ2n) is 5.40. The van der Waals surface area contributed by atoms with Crippen LogP contribution in [0.1, 0.15) is 17.3 Å². The lowest BCUT2D eigenvalue weighted by molar-refractivity contribution is 0.0528. The highest BCUT2D eigenvalue weighted by molar-refractivity contribution is 7.22. The van der Waals surface area contributed by atoms with E-state index >= 15 is 0 Å². The van der Waals surface area contributed by atoms with Gasteiger partial charge in [0.1, 0.15) is 15.0 Å². The normalized spacial score (nSPS) is 10.5. The van der Waals surface area contributed by atoms with Gasteiger partial charge in [-0.05, 0) is 31.2 Å². The van der Waals surface area contributed by atoms with Crippen LogP contribution in [0.2, 0.25) is 13.8 Å². The van der Waals surface area contributed by atoms with Gasteiger partial charge >= 0.3 is 5.97 Å². The van der Waals surface area contributed by atoms with Gasteiger partial charge < -0.3 is 10.5 Å². The minimum Gasteiger partial charge on any atom is -0.462 e. The summed E-state index contributed by atoms with van der Waals surface area (Å²) in [5.41, 5.74) is 6.69. The lowest BCUT2D eigenvalue weighted by atomic mass is 10.2. The van der Waals surface area contributed by atoms with Crippen LogP contribution in [0.25, 0.3) is 21.6 Å². The van der Waals surface area contributed by atoms with Gasteiger partial charge in [-0.3, -0.25) is 4.98 Å². The second kappa shape index (κ2) is 9.69. The smallest absolute Gasteiger partial charge is 0.341 e. The molecular formula is C18H13Cl3N4O2S2. The third-order valence-corrected chi connectivity index (χ3v) is 6.00. The zero-order valence-electron chi connectivity index (χ0n) is 14.9. The number of carbonyl (C=O) groups excluding carboxylic acids is 1. The van der Waals surface area contributed by atoms with Gasteiger partial charge in [-0.2, -0.15) is 0 Å². The molecule has 0 aliphatic heterocycles. The van der Waals surface area contributed by atoms with Gasteiger partial charge in [0.15, 0.2) is 5.82 Å². The van der Waals surface area contributed by atoms with Crippen molar-refractivity contribution in [3.8, 4) is 11.4 Å². The molecule has 0 fully saturated rings. The SMILES string of the molecule is CCOC(=O)c1cc(Cl)sc1N.Clc1cc2c(Cl)nc(-c3cccnc3)nc2s1. The summed E-state index contributed by atoms with van der Waals surface area (Å²) < 4.78 is 5.90. The van der Waals surface area contributed by atoms with Gasteiger partial charge in [-0.1, -0.05) is 34.8 Å². The molecule has 0 aromatic carbocycles. The molecular weight excluding hydrogens is 475 g/mol. The number of aromatic nitrogens is 3. The lowest BCUT2D eigenvalue weighted by Gasteiger charge is -2.00. The fraction of sp³-hybridized carbons (Fsp3) is 0.111. The number of hydrogen-bond acceptors (Lipinski definition) is 8. The fourth-order valence-electron chi connectivity index (χ4n) is 2.22. The number of carbonyl (C=O) groups is 1. The molecule has 11 heteroatoms. The molecule has 0 saturated carbocycles. The molecule has 0 amide bonds. The summed E-state index contributed by atoms with van der Waals surface area (Å²) in [6.07, 6.45) is 3.40. The van der Waals surface area contributed by atoms with E-state index < -0.39 is 5.97 Å². The van der Waals surface area contributed by atoms with Crippen molar-refractivity contribution in [1.82, 2.24) is 15.0 Å². The van der Waals surface area contributed by atoms with E-state index in [1.54, 1.807) is 25.4 Å². The van der Waals surface area contributed by atoms with E-state index in [1.165, 1.54) is 28.7 Å². The number of thiophene rings is 2. The first-order valence-electron chi connectivity index (χ1n) is 8.14. The van der Waals surface area contributed by atoms with Crippen LogP contribution in [0, 0.1) is 0 Å². The van der Waals surface area contributed by atoms with Crippen LogP contribution >= 0.6 is 57.5 Å². The molecule has 0 unspecified atom stereocenters. The zero-order chi connectivity index (χ0) is 21.0. The van der Waals surface area contributed by atoms with Crippen LogP contribution < -0.4 is 5.73 Å². The van der Waals surface area contributed by atoms with Gasteiger partial charge in [-0.25, -0.2) is 14.8 Å². The van der Waals surface area contributed by atoms with Gasteiger partial charge in [-0.15, -0.1) is 22.7 Å². The number of rotatable bonds is 3. The fourth-order valence-corrected chi connectivity index (χ4v) is 4.59. The van der Waals surface area contributed by atoms with Crippen molar-refractivity contribution in [2.45, 2.75) is 6.92 Å². The van der Waals surface area contributed by atoms with Crippen molar-refractivity contribution in [3.05, 3.63) is 56.0 Å². The third kappa shape index (κ3) is 5.34. The predicted octanol–water partition coefficient (Wildman–Crippen LogP) is 6.22. The second-order valence-corrected chi connectivity index (χ2v) is 9.13. The molecule has 0 aliphatic carbocycles. The Kier molecular flexibility index (Phi) is 7.26. The Balaban J connectivity index is 0.000000177. The minimum absolute atomic E-state index is 0.339. The lowest BCUT2D eigenvalue weighted by Crippen LogP contribution is -2.05. The molecule has 0 bridgehead atoms. The monoisotopic (exact) mass is 486 g/mol. The van der Waals surface area contributed by atoms with E-state index in [0.29, 0.717) is 36.8 Å². The van der Waals surface area contributed by atoms with Gasteiger partial charge in [0.25, 0.3) is 0 Å². The Hall–Kier alpha value is -1.97. The average Bonchev–Trinajstić information content (AvgIpc) is 3.24. The first-order chi connectivity index (χ1) is 13.9. The van der Waals surface area contributed by atoms with E-state index in [2.05, 4.69) is 15.0 Å². The highest BCUT2D eigenvalue weighted by Crippen LogP contribution is 2.33. The quantitative estimate of drug-likeness (QED) is 0.272. The number of fused-ring (bicyclic) bond motifs is 1. The summed E-state index contributed by atoms with van der Waals surface area (Å²) in [6.45, 7) is 2.08. The van der Waals surface area contributed by atoms with E-state index in [-0.39, 0.29) is 0 Å². The zero-order valence-corrected chi connectivity index (χ0v) is 18.8. The van der Waals surface area contributed by atoms with E-state index in [1.807, 2.05) is 12.1 Å². The summed E-state index contributed by atoms with van der Waals surface area (Å²) in [5.74, 6) is 0.146. The minimum atomic E-state index is -0.418. The molecule has 0 saturated heterocycles. The highest BCUT2D eigenvalue weighted by Gasteiger charge is 2.14. The molecule has 2 N–H and O–H groups in total. The summed E-state index contributed by atoms with van der Waals surface area (Å²) in [6, 6.07) is 7.01. The number of nitrogen functional groups attached to an aromatic ring is 1. The van der Waals surface area contributed by atoms with Crippen molar-refractivity contribution in [2.75, 3.05) is 12.3 Å². The molecule has 4 heterocycles. The van der Waals surface area contributed by atoms with Crippen LogP contribution in [0.15, 0.2) is 36.7 Å². The van der Waals surface area contributed by atoms with E-state index in [9.17, 15) is 4.79 Å². The Labute approximate surface area is 189 Å². The molecule has 6 nitrogen and oxygen atoms in total. The highest BCUT2D eigenvalue weighted by atomic mass is 35.5. The maximum absolute atomic E-state index is 11.1. The molecule has 4 rings (SSSR count). The Morgan fingerprint density at radius 1 is 1.17 bits per heavy atom. The van der Waals surface area contributed by atoms with Crippen molar-refractivity contribution in [3.63, 3.8) is 0 Å². The Bertz CT molecular complexity index is 1150. The summed E-state index contributed by atoms with van der Waals surface area (Å²) in [7, 11) is 0. The molecule has 4 aromatic rings. The van der Waals surface area contributed by atoms with Crippen LogP contribution in [0.3, 0.4) is 0 Å².